The Balaban J connectivity index is 1.84. The second kappa shape index (κ2) is 22.6. The minimum absolute atomic E-state index is 0.0282. The molecule has 2 saturated heterocycles. The third kappa shape index (κ3) is 14.0. The van der Waals surface area contributed by atoms with Crippen molar-refractivity contribution in [3.05, 3.63) is 29.8 Å². The predicted octanol–water partition coefficient (Wildman–Crippen LogP) is -1.50. The standard InChI is InChI=1S/C39H61N9O10/c1-21(2)31(46-33(51)25-10-7-17-42-25)36(54)43-26(9-5-6-16-40)34(52)47-32(22(3)4)37(55)44-27(19-23-12-14-24(49)15-13-23)38(56)48-18-8-11-29(48)35(53)45-28(39(57)58)20-30(41)50/h12-15,21-22,25-29,31-32,42,49H,5-11,16-20,40H2,1-4H3,(H2,41,50)(H,43,54)(H,44,55)(H,45,53)(H,46,51)(H,47,52)(H,57,58). The summed E-state index contributed by atoms with van der Waals surface area (Å²) in [4.78, 5) is 107. The van der Waals surface area contributed by atoms with Crippen LogP contribution in [0.3, 0.4) is 0 Å². The SMILES string of the molecule is CC(C)C(NC(=O)C1CCCN1)C(=O)NC(CCCCN)C(=O)NC(C(=O)NC(Cc1ccc(O)cc1)C(=O)N1CCCC1C(=O)NC(CC(N)=O)C(=O)O)C(C)C. The van der Waals surface area contributed by atoms with Crippen molar-refractivity contribution in [1.82, 2.24) is 36.8 Å². The van der Waals surface area contributed by atoms with Crippen LogP contribution in [-0.4, -0.2) is 124 Å². The summed E-state index contributed by atoms with van der Waals surface area (Å²) in [6.45, 7) is 8.09. The molecular formula is C39H61N9O10. The lowest BCUT2D eigenvalue weighted by atomic mass is 9.99. The Bertz CT molecular complexity index is 1620. The molecular weight excluding hydrogens is 754 g/mol. The highest BCUT2D eigenvalue weighted by Gasteiger charge is 2.40. The first-order valence-corrected chi connectivity index (χ1v) is 20.0. The third-order valence-corrected chi connectivity index (χ3v) is 10.3. The lowest BCUT2D eigenvalue weighted by Gasteiger charge is -2.31. The van der Waals surface area contributed by atoms with Gasteiger partial charge >= 0.3 is 5.97 Å². The van der Waals surface area contributed by atoms with Crippen LogP contribution in [0.1, 0.15) is 84.6 Å². The molecule has 0 aromatic heterocycles. The number of nitrogens with two attached hydrogens (primary N) is 2. The molecule has 7 unspecified atom stereocenters. The first kappa shape index (κ1) is 47.1. The number of primary amides is 1. The van der Waals surface area contributed by atoms with Gasteiger partial charge in [-0.15, -0.1) is 0 Å². The summed E-state index contributed by atoms with van der Waals surface area (Å²) >= 11 is 0. The average Bonchev–Trinajstić information content (AvgIpc) is 3.89. The van der Waals surface area contributed by atoms with E-state index in [1.54, 1.807) is 39.8 Å². The van der Waals surface area contributed by atoms with Crippen LogP contribution in [-0.2, 0) is 44.8 Å². The minimum atomic E-state index is -1.61. The summed E-state index contributed by atoms with van der Waals surface area (Å²) in [6.07, 6.45) is 2.53. The summed E-state index contributed by atoms with van der Waals surface area (Å²) in [6, 6.07) is -1.73. The number of nitrogens with zero attached hydrogens (tertiary/aromatic N) is 1. The van der Waals surface area contributed by atoms with Crippen LogP contribution in [0.15, 0.2) is 24.3 Å². The molecule has 0 saturated carbocycles. The van der Waals surface area contributed by atoms with E-state index in [0.717, 1.165) is 6.42 Å². The molecule has 322 valence electrons. The van der Waals surface area contributed by atoms with E-state index in [2.05, 4.69) is 31.9 Å². The largest absolute Gasteiger partial charge is 0.508 e. The van der Waals surface area contributed by atoms with E-state index in [0.29, 0.717) is 44.3 Å². The number of hydrogen-bond acceptors (Lipinski definition) is 11. The molecule has 0 radical (unpaired) electrons. The number of amides is 7. The number of aliphatic carboxylic acids is 1. The minimum Gasteiger partial charge on any atom is -0.508 e. The molecule has 0 bridgehead atoms. The van der Waals surface area contributed by atoms with Crippen molar-refractivity contribution in [2.24, 2.45) is 23.3 Å². The maximum atomic E-state index is 14.2. The quantitative estimate of drug-likeness (QED) is 0.0599. The lowest BCUT2D eigenvalue weighted by molar-refractivity contribution is -0.146. The Kier molecular flexibility index (Phi) is 18.3. The molecule has 0 aliphatic carbocycles. The van der Waals surface area contributed by atoms with E-state index in [-0.39, 0.29) is 43.4 Å². The number of nitrogens with one attached hydrogen (secondary N) is 6. The van der Waals surface area contributed by atoms with Crippen molar-refractivity contribution in [3.63, 3.8) is 0 Å². The van der Waals surface area contributed by atoms with Crippen LogP contribution in [0.25, 0.3) is 0 Å². The van der Waals surface area contributed by atoms with Crippen LogP contribution in [0.4, 0.5) is 0 Å². The van der Waals surface area contributed by atoms with Gasteiger partial charge in [-0.1, -0.05) is 39.8 Å². The van der Waals surface area contributed by atoms with Crippen LogP contribution in [0.5, 0.6) is 5.75 Å². The molecule has 1 aromatic rings. The molecule has 19 heteroatoms. The number of phenols is 1. The first-order valence-electron chi connectivity index (χ1n) is 20.0. The van der Waals surface area contributed by atoms with Gasteiger partial charge in [0, 0.05) is 13.0 Å². The van der Waals surface area contributed by atoms with Crippen molar-refractivity contribution in [2.75, 3.05) is 19.6 Å². The van der Waals surface area contributed by atoms with Gasteiger partial charge < -0.3 is 58.5 Å². The van der Waals surface area contributed by atoms with Gasteiger partial charge in [0.25, 0.3) is 0 Å². The molecule has 58 heavy (non-hydrogen) atoms. The van der Waals surface area contributed by atoms with Crippen LogP contribution < -0.4 is 43.4 Å². The van der Waals surface area contributed by atoms with Crippen molar-refractivity contribution in [3.8, 4) is 5.75 Å². The lowest BCUT2D eigenvalue weighted by Crippen LogP contribution is -2.61. The molecule has 12 N–H and O–H groups in total. The molecule has 3 rings (SSSR count). The monoisotopic (exact) mass is 815 g/mol. The second-order valence-electron chi connectivity index (χ2n) is 15.6. The number of carbonyl (C=O) groups is 8. The number of carboxylic acid groups (broad SMARTS) is 1. The summed E-state index contributed by atoms with van der Waals surface area (Å²) in [5.74, 6) is -7.00. The maximum absolute atomic E-state index is 14.2. The van der Waals surface area contributed by atoms with Crippen molar-refractivity contribution in [1.29, 1.82) is 0 Å². The topological polar surface area (TPSA) is 304 Å². The summed E-state index contributed by atoms with van der Waals surface area (Å²) < 4.78 is 0. The Morgan fingerprint density at radius 1 is 0.776 bits per heavy atom. The fourth-order valence-corrected chi connectivity index (χ4v) is 7.01. The number of rotatable bonds is 22. The zero-order chi connectivity index (χ0) is 43.1. The molecule has 7 atom stereocenters. The fraction of sp³-hybridized carbons (Fsp3) is 0.641. The van der Waals surface area contributed by atoms with E-state index in [1.807, 2.05) is 0 Å². The number of carboxylic acids is 1. The summed E-state index contributed by atoms with van der Waals surface area (Å²) in [7, 11) is 0. The van der Waals surface area contributed by atoms with E-state index < -0.39 is 96.0 Å². The van der Waals surface area contributed by atoms with Crippen molar-refractivity contribution >= 4 is 47.3 Å². The number of hydrogen-bond donors (Lipinski definition) is 10. The molecule has 2 heterocycles. The molecule has 19 nitrogen and oxygen atoms in total. The van der Waals surface area contributed by atoms with Gasteiger partial charge in [0.1, 0.15) is 42.0 Å². The third-order valence-electron chi connectivity index (χ3n) is 10.3. The zero-order valence-electron chi connectivity index (χ0n) is 33.8. The van der Waals surface area contributed by atoms with Gasteiger partial charge in [-0.2, -0.15) is 0 Å². The maximum Gasteiger partial charge on any atom is 0.326 e. The molecule has 2 aliphatic heterocycles. The normalized spacial score (nSPS) is 19.1. The Morgan fingerprint density at radius 3 is 1.95 bits per heavy atom. The van der Waals surface area contributed by atoms with Crippen LogP contribution in [0.2, 0.25) is 0 Å². The van der Waals surface area contributed by atoms with E-state index >= 15 is 0 Å². The molecule has 7 amide bonds. The second-order valence-corrected chi connectivity index (χ2v) is 15.6. The number of aromatic hydroxyl groups is 1. The number of phenolic OH excluding ortho intramolecular Hbond substituents is 1. The Hall–Kier alpha value is -5.30. The number of likely N-dealkylation sites (tertiary alicyclic amines) is 1. The van der Waals surface area contributed by atoms with E-state index in [4.69, 9.17) is 11.5 Å². The number of unbranched alkanes of at least 4 members (excludes halogenated alkanes) is 1. The van der Waals surface area contributed by atoms with Gasteiger partial charge in [0.2, 0.25) is 41.4 Å². The molecule has 1 aromatic carbocycles. The Labute approximate surface area is 338 Å². The molecule has 2 fully saturated rings. The van der Waals surface area contributed by atoms with Gasteiger partial charge in [-0.3, -0.25) is 33.6 Å². The van der Waals surface area contributed by atoms with Gasteiger partial charge in [0.15, 0.2) is 0 Å². The zero-order valence-corrected chi connectivity index (χ0v) is 33.8. The van der Waals surface area contributed by atoms with Crippen LogP contribution >= 0.6 is 0 Å². The van der Waals surface area contributed by atoms with Gasteiger partial charge in [0.05, 0.1) is 12.5 Å². The highest BCUT2D eigenvalue weighted by atomic mass is 16.4. The first-order chi connectivity index (χ1) is 27.4. The molecule has 2 aliphatic rings. The van der Waals surface area contributed by atoms with Crippen molar-refractivity contribution < 1.29 is 48.6 Å². The smallest absolute Gasteiger partial charge is 0.326 e. The highest BCUT2D eigenvalue weighted by Crippen LogP contribution is 2.21. The summed E-state index contributed by atoms with van der Waals surface area (Å²) in [5.41, 5.74) is 11.4. The average molecular weight is 816 g/mol. The summed E-state index contributed by atoms with van der Waals surface area (Å²) in [5, 5.41) is 35.9. The molecule has 0 spiro atoms. The van der Waals surface area contributed by atoms with Crippen molar-refractivity contribution in [2.45, 2.75) is 128 Å². The predicted molar refractivity (Wildman–Crippen MR) is 211 cm³/mol. The fourth-order valence-electron chi connectivity index (χ4n) is 7.01. The Morgan fingerprint density at radius 2 is 1.40 bits per heavy atom. The number of benzene rings is 1. The van der Waals surface area contributed by atoms with E-state index in [1.165, 1.54) is 17.0 Å². The highest BCUT2D eigenvalue weighted by molar-refractivity contribution is 5.97. The van der Waals surface area contributed by atoms with E-state index in [9.17, 15) is 48.6 Å². The van der Waals surface area contributed by atoms with Crippen LogP contribution in [0, 0.1) is 11.8 Å². The van der Waals surface area contributed by atoms with Gasteiger partial charge in [-0.25, -0.2) is 4.79 Å². The van der Waals surface area contributed by atoms with Gasteiger partial charge in [-0.05, 0) is 87.6 Å². The number of carbonyl (C=O) groups excluding carboxylic acids is 7.